The number of piperidine rings is 1. The smallest absolute Gasteiger partial charge is 0.254 e. The first-order valence-corrected chi connectivity index (χ1v) is 7.33. The molecule has 1 fully saturated rings. The van der Waals surface area contributed by atoms with Crippen LogP contribution < -0.4 is 5.73 Å². The molecule has 1 aromatic carbocycles. The summed E-state index contributed by atoms with van der Waals surface area (Å²) in [5.74, 6) is 0.181. The van der Waals surface area contributed by atoms with Gasteiger partial charge in [0.2, 0.25) is 0 Å². The van der Waals surface area contributed by atoms with E-state index < -0.39 is 0 Å². The third-order valence-corrected chi connectivity index (χ3v) is 4.22. The zero-order valence-electron chi connectivity index (χ0n) is 12.2. The van der Waals surface area contributed by atoms with Crippen LogP contribution in [0.5, 0.6) is 0 Å². The monoisotopic (exact) mass is 278 g/mol. The van der Waals surface area contributed by atoms with Gasteiger partial charge in [0, 0.05) is 24.7 Å². The highest BCUT2D eigenvalue weighted by Crippen LogP contribution is 2.26. The number of carbonyl (C=O) groups excluding carboxylic acids is 1. The second-order valence-electron chi connectivity index (χ2n) is 5.70. The van der Waals surface area contributed by atoms with Crippen molar-refractivity contribution in [1.29, 1.82) is 0 Å². The van der Waals surface area contributed by atoms with Crippen LogP contribution in [0.3, 0.4) is 0 Å². The number of benzene rings is 1. The summed E-state index contributed by atoms with van der Waals surface area (Å²) < 4.78 is 13.5. The van der Waals surface area contributed by atoms with Gasteiger partial charge >= 0.3 is 0 Å². The molecule has 1 heterocycles. The molecular formula is C16H23FN2O. The number of likely N-dealkylation sites (tertiary alicyclic amines) is 1. The van der Waals surface area contributed by atoms with Crippen molar-refractivity contribution in [3.63, 3.8) is 0 Å². The fourth-order valence-corrected chi connectivity index (χ4v) is 3.02. The summed E-state index contributed by atoms with van der Waals surface area (Å²) >= 11 is 0. The summed E-state index contributed by atoms with van der Waals surface area (Å²) in [5, 5.41) is 0. The van der Waals surface area contributed by atoms with Crippen LogP contribution in [-0.4, -0.2) is 29.9 Å². The van der Waals surface area contributed by atoms with Crippen LogP contribution >= 0.6 is 0 Å². The molecule has 1 aliphatic heterocycles. The number of nitrogens with zero attached hydrogens (tertiary/aromatic N) is 1. The van der Waals surface area contributed by atoms with Crippen LogP contribution in [-0.2, 0) is 0 Å². The minimum absolute atomic E-state index is 0.0739. The molecular weight excluding hydrogens is 255 g/mol. The minimum Gasteiger partial charge on any atom is -0.334 e. The number of rotatable bonds is 3. The first-order valence-electron chi connectivity index (χ1n) is 7.33. The molecule has 0 aromatic heterocycles. The van der Waals surface area contributed by atoms with E-state index in [0.717, 1.165) is 31.4 Å². The van der Waals surface area contributed by atoms with Gasteiger partial charge in [-0.2, -0.15) is 0 Å². The summed E-state index contributed by atoms with van der Waals surface area (Å²) in [6.07, 6.45) is 3.08. The number of halogens is 1. The molecule has 1 aliphatic rings. The molecule has 110 valence electrons. The molecule has 0 saturated carbocycles. The Hall–Kier alpha value is -1.42. The van der Waals surface area contributed by atoms with Crippen molar-refractivity contribution in [2.45, 2.75) is 39.2 Å². The molecule has 4 heteroatoms. The van der Waals surface area contributed by atoms with Crippen LogP contribution in [0.15, 0.2) is 18.2 Å². The maximum absolute atomic E-state index is 13.5. The van der Waals surface area contributed by atoms with Crippen molar-refractivity contribution in [1.82, 2.24) is 4.90 Å². The maximum Gasteiger partial charge on any atom is 0.254 e. The number of amides is 1. The Morgan fingerprint density at radius 1 is 1.45 bits per heavy atom. The quantitative estimate of drug-likeness (QED) is 0.924. The third-order valence-electron chi connectivity index (χ3n) is 4.22. The van der Waals surface area contributed by atoms with Crippen molar-refractivity contribution >= 4 is 5.91 Å². The third kappa shape index (κ3) is 3.18. The van der Waals surface area contributed by atoms with Crippen LogP contribution in [0.4, 0.5) is 4.39 Å². The summed E-state index contributed by atoms with van der Waals surface area (Å²) in [6.45, 7) is 5.15. The predicted octanol–water partition coefficient (Wildman–Crippen LogP) is 2.72. The van der Waals surface area contributed by atoms with E-state index in [9.17, 15) is 9.18 Å². The Kier molecular flexibility index (Phi) is 4.76. The minimum atomic E-state index is -0.360. The van der Waals surface area contributed by atoms with E-state index in [1.54, 1.807) is 13.0 Å². The van der Waals surface area contributed by atoms with E-state index in [0.29, 0.717) is 18.0 Å². The second kappa shape index (κ2) is 6.35. The average Bonchev–Trinajstić information content (AvgIpc) is 2.44. The standard InChI is InChI=1S/C16H23FN2O/c1-3-12-4-5-19(15(8-12)10-18)16(20)13-6-11(2)7-14(17)9-13/h6-7,9,12,15H,3-5,8,10,18H2,1-2H3. The molecule has 0 aliphatic carbocycles. The van der Waals surface area contributed by atoms with E-state index in [1.165, 1.54) is 12.1 Å². The molecule has 1 amide bonds. The van der Waals surface area contributed by atoms with Gasteiger partial charge in [0.05, 0.1) is 0 Å². The molecule has 0 radical (unpaired) electrons. The lowest BCUT2D eigenvalue weighted by Crippen LogP contribution is -2.49. The fourth-order valence-electron chi connectivity index (χ4n) is 3.02. The largest absolute Gasteiger partial charge is 0.334 e. The Balaban J connectivity index is 2.19. The fraction of sp³-hybridized carbons (Fsp3) is 0.562. The molecule has 20 heavy (non-hydrogen) atoms. The average molecular weight is 278 g/mol. The predicted molar refractivity (Wildman–Crippen MR) is 78.0 cm³/mol. The van der Waals surface area contributed by atoms with Gasteiger partial charge in [-0.15, -0.1) is 0 Å². The van der Waals surface area contributed by atoms with E-state index in [-0.39, 0.29) is 17.8 Å². The molecule has 1 aromatic rings. The Morgan fingerprint density at radius 3 is 2.80 bits per heavy atom. The topological polar surface area (TPSA) is 46.3 Å². The van der Waals surface area contributed by atoms with Gasteiger partial charge in [0.15, 0.2) is 0 Å². The lowest BCUT2D eigenvalue weighted by molar-refractivity contribution is 0.0558. The lowest BCUT2D eigenvalue weighted by atomic mass is 9.88. The van der Waals surface area contributed by atoms with Crippen molar-refractivity contribution in [3.05, 3.63) is 35.1 Å². The van der Waals surface area contributed by atoms with Crippen LogP contribution in [0.25, 0.3) is 0 Å². The molecule has 3 nitrogen and oxygen atoms in total. The normalized spacial score (nSPS) is 22.9. The molecule has 0 bridgehead atoms. The van der Waals surface area contributed by atoms with E-state index in [1.807, 2.05) is 4.90 Å². The summed E-state index contributed by atoms with van der Waals surface area (Å²) in [4.78, 5) is 14.4. The van der Waals surface area contributed by atoms with Gasteiger partial charge in [-0.05, 0) is 49.4 Å². The van der Waals surface area contributed by atoms with Crippen molar-refractivity contribution in [3.8, 4) is 0 Å². The number of hydrogen-bond acceptors (Lipinski definition) is 2. The van der Waals surface area contributed by atoms with Gasteiger partial charge in [-0.1, -0.05) is 13.3 Å². The lowest BCUT2D eigenvalue weighted by Gasteiger charge is -2.39. The van der Waals surface area contributed by atoms with Crippen molar-refractivity contribution in [2.75, 3.05) is 13.1 Å². The SMILES string of the molecule is CCC1CCN(C(=O)c2cc(C)cc(F)c2)C(CN)C1. The van der Waals surface area contributed by atoms with E-state index in [4.69, 9.17) is 5.73 Å². The molecule has 0 spiro atoms. The highest BCUT2D eigenvalue weighted by atomic mass is 19.1. The highest BCUT2D eigenvalue weighted by molar-refractivity contribution is 5.94. The summed E-state index contributed by atoms with van der Waals surface area (Å²) in [7, 11) is 0. The van der Waals surface area contributed by atoms with Gasteiger partial charge in [0.1, 0.15) is 5.82 Å². The Bertz CT molecular complexity index is 469. The Labute approximate surface area is 120 Å². The van der Waals surface area contributed by atoms with Crippen LogP contribution in [0.2, 0.25) is 0 Å². The zero-order chi connectivity index (χ0) is 14.7. The number of hydrogen-bond donors (Lipinski definition) is 1. The van der Waals surface area contributed by atoms with Gasteiger partial charge < -0.3 is 10.6 Å². The Morgan fingerprint density at radius 2 is 2.20 bits per heavy atom. The number of nitrogens with two attached hydrogens (primary N) is 1. The van der Waals surface area contributed by atoms with Crippen LogP contribution in [0, 0.1) is 18.7 Å². The van der Waals surface area contributed by atoms with Gasteiger partial charge in [-0.25, -0.2) is 4.39 Å². The number of carbonyl (C=O) groups is 1. The zero-order valence-corrected chi connectivity index (χ0v) is 12.2. The molecule has 2 N–H and O–H groups in total. The van der Waals surface area contributed by atoms with Crippen molar-refractivity contribution in [2.24, 2.45) is 11.7 Å². The molecule has 2 unspecified atom stereocenters. The maximum atomic E-state index is 13.5. The van der Waals surface area contributed by atoms with E-state index in [2.05, 4.69) is 6.92 Å². The van der Waals surface area contributed by atoms with Gasteiger partial charge in [-0.3, -0.25) is 4.79 Å². The molecule has 2 atom stereocenters. The highest BCUT2D eigenvalue weighted by Gasteiger charge is 2.30. The van der Waals surface area contributed by atoms with Crippen LogP contribution in [0.1, 0.15) is 42.1 Å². The van der Waals surface area contributed by atoms with Crippen molar-refractivity contribution < 1.29 is 9.18 Å². The molecule has 1 saturated heterocycles. The number of aryl methyl sites for hydroxylation is 1. The summed E-state index contributed by atoms with van der Waals surface area (Å²) in [6, 6.07) is 4.56. The first kappa shape index (κ1) is 15.0. The van der Waals surface area contributed by atoms with Gasteiger partial charge in [0.25, 0.3) is 5.91 Å². The molecule has 2 rings (SSSR count). The van der Waals surface area contributed by atoms with E-state index >= 15 is 0 Å². The second-order valence-corrected chi connectivity index (χ2v) is 5.70. The summed E-state index contributed by atoms with van der Waals surface area (Å²) in [5.41, 5.74) is 7.01. The first-order chi connectivity index (χ1) is 9.55.